The Labute approximate surface area is 104 Å². The number of ether oxygens (including phenoxy) is 1. The van der Waals surface area contributed by atoms with Gasteiger partial charge in [0.05, 0.1) is 13.0 Å². The number of methoxy groups -OCH3 is 1. The van der Waals surface area contributed by atoms with Crippen LogP contribution >= 0.6 is 0 Å². The molecule has 1 aliphatic heterocycles. The van der Waals surface area contributed by atoms with Crippen molar-refractivity contribution in [3.8, 4) is 0 Å². The van der Waals surface area contributed by atoms with E-state index in [0.717, 1.165) is 37.3 Å². The highest BCUT2D eigenvalue weighted by Gasteiger charge is 2.41. The maximum absolute atomic E-state index is 11.5. The first-order valence-electron chi connectivity index (χ1n) is 7.06. The van der Waals surface area contributed by atoms with Crippen molar-refractivity contribution in [2.24, 2.45) is 23.7 Å². The van der Waals surface area contributed by atoms with Gasteiger partial charge in [0.2, 0.25) is 0 Å². The first-order valence-corrected chi connectivity index (χ1v) is 7.06. The molecule has 3 aliphatic rings. The van der Waals surface area contributed by atoms with Gasteiger partial charge in [0.15, 0.2) is 0 Å². The quantitative estimate of drug-likeness (QED) is 0.702. The number of esters is 1. The number of likely N-dealkylation sites (tertiary alicyclic amines) is 1. The van der Waals surface area contributed by atoms with Gasteiger partial charge in [-0.3, -0.25) is 4.79 Å². The van der Waals surface area contributed by atoms with Crippen LogP contribution in [0, 0.1) is 23.7 Å². The zero-order chi connectivity index (χ0) is 11.8. The lowest BCUT2D eigenvalue weighted by Gasteiger charge is -2.26. The van der Waals surface area contributed by atoms with E-state index in [4.69, 9.17) is 4.74 Å². The Bertz CT molecular complexity index is 305. The van der Waals surface area contributed by atoms with Crippen LogP contribution in [-0.4, -0.2) is 37.6 Å². The zero-order valence-corrected chi connectivity index (χ0v) is 10.7. The third-order valence-corrected chi connectivity index (χ3v) is 5.18. The lowest BCUT2D eigenvalue weighted by Crippen LogP contribution is -2.31. The van der Waals surface area contributed by atoms with Gasteiger partial charge in [-0.1, -0.05) is 6.42 Å². The van der Waals surface area contributed by atoms with E-state index in [1.165, 1.54) is 39.3 Å². The Morgan fingerprint density at radius 1 is 1.29 bits per heavy atom. The summed E-state index contributed by atoms with van der Waals surface area (Å²) in [5, 5.41) is 0. The largest absolute Gasteiger partial charge is 0.469 e. The summed E-state index contributed by atoms with van der Waals surface area (Å²) in [5.74, 6) is 3.07. The molecule has 4 atom stereocenters. The molecule has 0 radical (unpaired) electrons. The van der Waals surface area contributed by atoms with Gasteiger partial charge < -0.3 is 9.64 Å². The van der Waals surface area contributed by atoms with Crippen molar-refractivity contribution < 1.29 is 9.53 Å². The highest BCUT2D eigenvalue weighted by atomic mass is 16.5. The summed E-state index contributed by atoms with van der Waals surface area (Å²) >= 11 is 0. The van der Waals surface area contributed by atoms with Crippen molar-refractivity contribution in [3.05, 3.63) is 0 Å². The van der Waals surface area contributed by atoms with Crippen molar-refractivity contribution in [3.63, 3.8) is 0 Å². The minimum atomic E-state index is -0.0135. The van der Waals surface area contributed by atoms with Crippen molar-refractivity contribution in [1.29, 1.82) is 0 Å². The Morgan fingerprint density at radius 2 is 2.18 bits per heavy atom. The summed E-state index contributed by atoms with van der Waals surface area (Å²) in [6, 6.07) is 0. The minimum absolute atomic E-state index is 0.0135. The first-order chi connectivity index (χ1) is 8.26. The summed E-state index contributed by atoms with van der Waals surface area (Å²) in [5.41, 5.74) is 0. The number of carbonyl (C=O) groups is 1. The average Bonchev–Trinajstić information content (AvgIpc) is 3.03. The second-order valence-corrected chi connectivity index (χ2v) is 6.20. The summed E-state index contributed by atoms with van der Waals surface area (Å²) in [4.78, 5) is 14.0. The van der Waals surface area contributed by atoms with Gasteiger partial charge in [0, 0.05) is 13.1 Å². The van der Waals surface area contributed by atoms with Crippen LogP contribution < -0.4 is 0 Å². The lowest BCUT2D eigenvalue weighted by atomic mass is 9.88. The summed E-state index contributed by atoms with van der Waals surface area (Å²) in [7, 11) is 1.50. The van der Waals surface area contributed by atoms with Crippen LogP contribution in [0.5, 0.6) is 0 Å². The standard InChI is InChI=1S/C14H23NO2/c1-17-14(16)12-4-5-15(8-12)9-13-7-10-2-3-11(13)6-10/h10-13H,2-9H2,1H3. The Morgan fingerprint density at radius 3 is 2.82 bits per heavy atom. The smallest absolute Gasteiger partial charge is 0.310 e. The van der Waals surface area contributed by atoms with E-state index >= 15 is 0 Å². The van der Waals surface area contributed by atoms with Crippen LogP contribution in [0.4, 0.5) is 0 Å². The highest BCUT2D eigenvalue weighted by molar-refractivity contribution is 5.72. The minimum Gasteiger partial charge on any atom is -0.469 e. The van der Waals surface area contributed by atoms with Gasteiger partial charge in [0.25, 0.3) is 0 Å². The lowest BCUT2D eigenvalue weighted by molar-refractivity contribution is -0.144. The van der Waals surface area contributed by atoms with Gasteiger partial charge >= 0.3 is 5.97 Å². The van der Waals surface area contributed by atoms with E-state index in [1.54, 1.807) is 0 Å². The van der Waals surface area contributed by atoms with Gasteiger partial charge in [-0.05, 0) is 50.0 Å². The molecule has 2 bridgehead atoms. The van der Waals surface area contributed by atoms with Crippen molar-refractivity contribution >= 4 is 5.97 Å². The predicted molar refractivity (Wildman–Crippen MR) is 65.5 cm³/mol. The van der Waals surface area contributed by atoms with Crippen molar-refractivity contribution in [2.75, 3.05) is 26.7 Å². The van der Waals surface area contributed by atoms with Crippen LogP contribution in [0.2, 0.25) is 0 Å². The number of carbonyl (C=O) groups excluding carboxylic acids is 1. The Balaban J connectivity index is 1.49. The molecular weight excluding hydrogens is 214 g/mol. The normalized spacial score (nSPS) is 41.0. The van der Waals surface area contributed by atoms with Crippen LogP contribution in [0.3, 0.4) is 0 Å². The number of rotatable bonds is 3. The molecule has 1 heterocycles. The molecule has 2 aliphatic carbocycles. The van der Waals surface area contributed by atoms with Crippen molar-refractivity contribution in [1.82, 2.24) is 4.90 Å². The molecule has 3 nitrogen and oxygen atoms in total. The van der Waals surface area contributed by atoms with E-state index in [0.29, 0.717) is 0 Å². The van der Waals surface area contributed by atoms with Gasteiger partial charge in [0.1, 0.15) is 0 Å². The molecule has 3 rings (SSSR count). The number of fused-ring (bicyclic) bond motifs is 2. The fraction of sp³-hybridized carbons (Fsp3) is 0.929. The van der Waals surface area contributed by atoms with E-state index in [2.05, 4.69) is 4.90 Å². The molecular formula is C14H23NO2. The van der Waals surface area contributed by atoms with Gasteiger partial charge in [-0.2, -0.15) is 0 Å². The van der Waals surface area contributed by atoms with Crippen LogP contribution in [0.15, 0.2) is 0 Å². The Hall–Kier alpha value is -0.570. The number of nitrogens with zero attached hydrogens (tertiary/aromatic N) is 1. The third kappa shape index (κ3) is 2.22. The van der Waals surface area contributed by atoms with Crippen molar-refractivity contribution in [2.45, 2.75) is 32.1 Å². The zero-order valence-electron chi connectivity index (χ0n) is 10.7. The van der Waals surface area contributed by atoms with Gasteiger partial charge in [-0.25, -0.2) is 0 Å². The maximum Gasteiger partial charge on any atom is 0.310 e. The molecule has 0 aromatic heterocycles. The third-order valence-electron chi connectivity index (χ3n) is 5.18. The fourth-order valence-corrected chi connectivity index (χ4v) is 4.29. The molecule has 0 aromatic rings. The van der Waals surface area contributed by atoms with Gasteiger partial charge in [-0.15, -0.1) is 0 Å². The highest BCUT2D eigenvalue weighted by Crippen LogP contribution is 2.48. The van der Waals surface area contributed by atoms with Crippen LogP contribution in [-0.2, 0) is 9.53 Å². The molecule has 2 saturated carbocycles. The van der Waals surface area contributed by atoms with E-state index in [9.17, 15) is 4.79 Å². The monoisotopic (exact) mass is 237 g/mol. The molecule has 0 amide bonds. The summed E-state index contributed by atoms with van der Waals surface area (Å²) < 4.78 is 4.84. The average molecular weight is 237 g/mol. The SMILES string of the molecule is COC(=O)C1CCN(CC2CC3CCC2C3)C1. The summed E-state index contributed by atoms with van der Waals surface area (Å²) in [6.45, 7) is 3.25. The van der Waals surface area contributed by atoms with E-state index < -0.39 is 0 Å². The fourth-order valence-electron chi connectivity index (χ4n) is 4.29. The molecule has 17 heavy (non-hydrogen) atoms. The topological polar surface area (TPSA) is 29.5 Å². The van der Waals surface area contributed by atoms with Crippen LogP contribution in [0.1, 0.15) is 32.1 Å². The molecule has 1 saturated heterocycles. The predicted octanol–water partition coefficient (Wildman–Crippen LogP) is 1.92. The van der Waals surface area contributed by atoms with E-state index in [1.807, 2.05) is 0 Å². The first kappa shape index (κ1) is 11.5. The second kappa shape index (κ2) is 4.60. The second-order valence-electron chi connectivity index (χ2n) is 6.20. The summed E-state index contributed by atoms with van der Waals surface area (Å²) in [6.07, 6.45) is 6.87. The molecule has 0 spiro atoms. The molecule has 0 N–H and O–H groups in total. The number of hydrogen-bond acceptors (Lipinski definition) is 3. The van der Waals surface area contributed by atoms with Crippen LogP contribution in [0.25, 0.3) is 0 Å². The molecule has 3 fully saturated rings. The van der Waals surface area contributed by atoms with E-state index in [-0.39, 0.29) is 11.9 Å². The molecule has 0 aromatic carbocycles. The molecule has 3 heteroatoms. The molecule has 96 valence electrons. The number of hydrogen-bond donors (Lipinski definition) is 0. The maximum atomic E-state index is 11.5. The Kier molecular flexibility index (Phi) is 3.12. The molecule has 4 unspecified atom stereocenters.